The number of rotatable bonds is 4. The SMILES string of the molecule is O=C(NCc1ccc(F)cc1)c1noc([C@@H]2CCn3cncc3C2)n1. The van der Waals surface area contributed by atoms with Gasteiger partial charge in [-0.05, 0) is 24.1 Å². The fourth-order valence-electron chi connectivity index (χ4n) is 2.94. The molecule has 3 heterocycles. The molecule has 0 bridgehead atoms. The summed E-state index contributed by atoms with van der Waals surface area (Å²) in [5.41, 5.74) is 1.91. The number of carbonyl (C=O) groups excluding carboxylic acids is 1. The molecule has 0 spiro atoms. The Kier molecular flexibility index (Phi) is 4.01. The van der Waals surface area contributed by atoms with E-state index in [1.807, 2.05) is 12.5 Å². The Labute approximate surface area is 142 Å². The van der Waals surface area contributed by atoms with Crippen molar-refractivity contribution in [1.29, 1.82) is 0 Å². The third kappa shape index (κ3) is 3.28. The normalized spacial score (nSPS) is 16.4. The Morgan fingerprint density at radius 1 is 1.36 bits per heavy atom. The molecule has 1 aliphatic rings. The van der Waals surface area contributed by atoms with Crippen LogP contribution in [0, 0.1) is 5.82 Å². The van der Waals surface area contributed by atoms with Gasteiger partial charge in [-0.1, -0.05) is 17.3 Å². The second-order valence-electron chi connectivity index (χ2n) is 6.03. The maximum absolute atomic E-state index is 12.9. The van der Waals surface area contributed by atoms with E-state index < -0.39 is 5.91 Å². The van der Waals surface area contributed by atoms with Crippen molar-refractivity contribution in [3.63, 3.8) is 0 Å². The highest BCUT2D eigenvalue weighted by molar-refractivity contribution is 5.90. The van der Waals surface area contributed by atoms with Gasteiger partial charge < -0.3 is 14.4 Å². The molecule has 128 valence electrons. The number of fused-ring (bicyclic) bond motifs is 1. The lowest BCUT2D eigenvalue weighted by Gasteiger charge is -2.20. The Morgan fingerprint density at radius 3 is 3.04 bits per heavy atom. The van der Waals surface area contributed by atoms with Crippen LogP contribution in [0.25, 0.3) is 0 Å². The van der Waals surface area contributed by atoms with Gasteiger partial charge >= 0.3 is 0 Å². The van der Waals surface area contributed by atoms with Gasteiger partial charge in [0.15, 0.2) is 0 Å². The van der Waals surface area contributed by atoms with Crippen LogP contribution in [0.1, 0.15) is 40.1 Å². The number of amides is 1. The number of halogens is 1. The van der Waals surface area contributed by atoms with Crippen LogP contribution in [0.3, 0.4) is 0 Å². The topological polar surface area (TPSA) is 85.8 Å². The molecular formula is C17H16FN5O2. The van der Waals surface area contributed by atoms with Crippen molar-refractivity contribution in [1.82, 2.24) is 25.0 Å². The van der Waals surface area contributed by atoms with Crippen LogP contribution in [0.2, 0.25) is 0 Å². The summed E-state index contributed by atoms with van der Waals surface area (Å²) < 4.78 is 20.3. The molecule has 1 amide bonds. The minimum atomic E-state index is -0.417. The van der Waals surface area contributed by atoms with E-state index in [0.717, 1.165) is 30.6 Å². The van der Waals surface area contributed by atoms with E-state index in [4.69, 9.17) is 4.52 Å². The Bertz CT molecular complexity index is 887. The van der Waals surface area contributed by atoms with Gasteiger partial charge in [-0.3, -0.25) is 4.79 Å². The molecule has 25 heavy (non-hydrogen) atoms. The first-order valence-corrected chi connectivity index (χ1v) is 8.04. The van der Waals surface area contributed by atoms with Gasteiger partial charge in [-0.15, -0.1) is 0 Å². The van der Waals surface area contributed by atoms with Gasteiger partial charge in [-0.2, -0.15) is 4.98 Å². The molecule has 0 aliphatic carbocycles. The number of aryl methyl sites for hydroxylation is 1. The number of benzene rings is 1. The lowest BCUT2D eigenvalue weighted by molar-refractivity contribution is 0.0937. The molecule has 0 radical (unpaired) electrons. The number of hydrogen-bond acceptors (Lipinski definition) is 5. The van der Waals surface area contributed by atoms with E-state index in [1.54, 1.807) is 12.1 Å². The number of nitrogens with zero attached hydrogens (tertiary/aromatic N) is 4. The standard InChI is InChI=1S/C17H16FN5O2/c18-13-3-1-11(2-4-13)8-20-16(24)15-21-17(25-22-15)12-5-6-23-10-19-9-14(23)7-12/h1-4,9-10,12H,5-8H2,(H,20,24)/t12-/m1/s1. The van der Waals surface area contributed by atoms with Gasteiger partial charge in [0.25, 0.3) is 11.7 Å². The largest absolute Gasteiger partial charge is 0.345 e. The average molecular weight is 341 g/mol. The number of aromatic nitrogens is 4. The van der Waals surface area contributed by atoms with Crippen LogP contribution in [-0.2, 0) is 19.5 Å². The van der Waals surface area contributed by atoms with Crippen LogP contribution in [0.5, 0.6) is 0 Å². The summed E-state index contributed by atoms with van der Waals surface area (Å²) in [7, 11) is 0. The molecule has 1 atom stereocenters. The highest BCUT2D eigenvalue weighted by Crippen LogP contribution is 2.27. The summed E-state index contributed by atoms with van der Waals surface area (Å²) in [4.78, 5) is 20.5. The zero-order valence-electron chi connectivity index (χ0n) is 13.4. The Hall–Kier alpha value is -3.03. The molecule has 0 fully saturated rings. The van der Waals surface area contributed by atoms with E-state index in [-0.39, 0.29) is 24.1 Å². The zero-order valence-corrected chi connectivity index (χ0v) is 13.4. The molecule has 3 aromatic rings. The molecule has 8 heteroatoms. The van der Waals surface area contributed by atoms with Crippen LogP contribution in [-0.4, -0.2) is 25.6 Å². The smallest absolute Gasteiger partial charge is 0.292 e. The van der Waals surface area contributed by atoms with Crippen LogP contribution in [0.15, 0.2) is 41.3 Å². The van der Waals surface area contributed by atoms with E-state index in [2.05, 4.69) is 25.0 Å². The first-order valence-electron chi connectivity index (χ1n) is 8.04. The fraction of sp³-hybridized carbons (Fsp3) is 0.294. The summed E-state index contributed by atoms with van der Waals surface area (Å²) in [5.74, 6) is -0.155. The number of hydrogen-bond donors (Lipinski definition) is 1. The second-order valence-corrected chi connectivity index (χ2v) is 6.03. The molecule has 0 saturated heterocycles. The minimum absolute atomic E-state index is 0.0104. The molecule has 1 N–H and O–H groups in total. The van der Waals surface area contributed by atoms with Crippen molar-refractivity contribution in [2.24, 2.45) is 0 Å². The second kappa shape index (κ2) is 6.46. The first kappa shape index (κ1) is 15.5. The maximum Gasteiger partial charge on any atom is 0.292 e. The zero-order chi connectivity index (χ0) is 17.2. The van der Waals surface area contributed by atoms with Crippen molar-refractivity contribution in [2.75, 3.05) is 0 Å². The summed E-state index contributed by atoms with van der Waals surface area (Å²) >= 11 is 0. The Morgan fingerprint density at radius 2 is 2.20 bits per heavy atom. The number of imidazole rings is 1. The van der Waals surface area contributed by atoms with E-state index in [0.29, 0.717) is 5.89 Å². The maximum atomic E-state index is 12.9. The molecule has 0 saturated carbocycles. The van der Waals surface area contributed by atoms with E-state index in [9.17, 15) is 9.18 Å². The minimum Gasteiger partial charge on any atom is -0.345 e. The van der Waals surface area contributed by atoms with Gasteiger partial charge in [0.1, 0.15) is 5.82 Å². The highest BCUT2D eigenvalue weighted by atomic mass is 19.1. The highest BCUT2D eigenvalue weighted by Gasteiger charge is 2.26. The van der Waals surface area contributed by atoms with Gasteiger partial charge in [0.2, 0.25) is 5.89 Å². The van der Waals surface area contributed by atoms with Crippen molar-refractivity contribution >= 4 is 5.91 Å². The van der Waals surface area contributed by atoms with E-state index in [1.165, 1.54) is 12.1 Å². The lowest BCUT2D eigenvalue weighted by Crippen LogP contribution is -2.24. The van der Waals surface area contributed by atoms with Crippen LogP contribution in [0.4, 0.5) is 4.39 Å². The monoisotopic (exact) mass is 341 g/mol. The van der Waals surface area contributed by atoms with Crippen LogP contribution < -0.4 is 5.32 Å². The van der Waals surface area contributed by atoms with Gasteiger partial charge in [0.05, 0.1) is 6.33 Å². The predicted octanol–water partition coefficient (Wildman–Crippen LogP) is 2.07. The summed E-state index contributed by atoms with van der Waals surface area (Å²) in [5, 5.41) is 6.48. The number of carbonyl (C=O) groups is 1. The first-order chi connectivity index (χ1) is 12.2. The molecule has 1 aliphatic heterocycles. The molecule has 4 rings (SSSR count). The molecule has 7 nitrogen and oxygen atoms in total. The van der Waals surface area contributed by atoms with Crippen LogP contribution >= 0.6 is 0 Å². The molecule has 0 unspecified atom stereocenters. The van der Waals surface area contributed by atoms with E-state index >= 15 is 0 Å². The van der Waals surface area contributed by atoms with Gasteiger partial charge in [-0.25, -0.2) is 9.37 Å². The summed E-state index contributed by atoms with van der Waals surface area (Å²) in [6.07, 6.45) is 5.27. The fourth-order valence-corrected chi connectivity index (χ4v) is 2.94. The molecule has 1 aromatic carbocycles. The summed E-state index contributed by atoms with van der Waals surface area (Å²) in [6, 6.07) is 5.92. The summed E-state index contributed by atoms with van der Waals surface area (Å²) in [6.45, 7) is 1.11. The lowest BCUT2D eigenvalue weighted by atomic mass is 9.96. The van der Waals surface area contributed by atoms with Crippen molar-refractivity contribution in [3.05, 3.63) is 65.6 Å². The third-order valence-electron chi connectivity index (χ3n) is 4.33. The number of nitrogens with one attached hydrogen (secondary N) is 1. The quantitative estimate of drug-likeness (QED) is 0.785. The van der Waals surface area contributed by atoms with Gasteiger partial charge in [0, 0.05) is 37.3 Å². The predicted molar refractivity (Wildman–Crippen MR) is 85.2 cm³/mol. The third-order valence-corrected chi connectivity index (χ3v) is 4.33. The molecule has 2 aromatic heterocycles. The average Bonchev–Trinajstić information content (AvgIpc) is 3.29. The van der Waals surface area contributed by atoms with Crippen molar-refractivity contribution in [3.8, 4) is 0 Å². The molecular weight excluding hydrogens is 325 g/mol. The van der Waals surface area contributed by atoms with Crippen molar-refractivity contribution in [2.45, 2.75) is 31.8 Å². The Balaban J connectivity index is 1.39. The van der Waals surface area contributed by atoms with Crippen molar-refractivity contribution < 1.29 is 13.7 Å².